The smallest absolute Gasteiger partial charge is 0.0837 e. The van der Waals surface area contributed by atoms with E-state index in [4.69, 9.17) is 34.8 Å². The first-order valence-electron chi connectivity index (χ1n) is 3.76. The number of rotatable bonds is 2. The SMILES string of the molecule is CCC(C(Cl)(Cl)Cl)[Si](C)(C)C. The Kier molecular flexibility index (Phi) is 4.25. The number of hydrogen-bond acceptors (Lipinski definition) is 0. The average Bonchev–Trinajstić information content (AvgIpc) is 1.56. The maximum Gasteiger partial charge on any atom is 0.191 e. The first-order valence-corrected chi connectivity index (χ1v) is 8.47. The number of alkyl halides is 3. The van der Waals surface area contributed by atoms with Crippen LogP contribution in [0.5, 0.6) is 0 Å². The molecule has 11 heavy (non-hydrogen) atoms. The van der Waals surface area contributed by atoms with Crippen LogP contribution in [0.15, 0.2) is 0 Å². The van der Waals surface area contributed by atoms with Gasteiger partial charge in [0.1, 0.15) is 0 Å². The van der Waals surface area contributed by atoms with Crippen molar-refractivity contribution >= 4 is 42.9 Å². The van der Waals surface area contributed by atoms with Crippen LogP contribution in [-0.4, -0.2) is 11.9 Å². The molecule has 0 aromatic rings. The van der Waals surface area contributed by atoms with Crippen molar-refractivity contribution in [3.05, 3.63) is 0 Å². The molecule has 0 fully saturated rings. The molecule has 4 heteroatoms. The lowest BCUT2D eigenvalue weighted by Gasteiger charge is -2.33. The molecule has 1 unspecified atom stereocenters. The van der Waals surface area contributed by atoms with Gasteiger partial charge in [-0.1, -0.05) is 67.8 Å². The third kappa shape index (κ3) is 4.02. The minimum atomic E-state index is -1.32. The molecule has 0 heterocycles. The fraction of sp³-hybridized carbons (Fsp3) is 1.00. The molecule has 0 aliphatic heterocycles. The van der Waals surface area contributed by atoms with E-state index in [-0.39, 0.29) is 5.54 Å². The first kappa shape index (κ1) is 12.1. The van der Waals surface area contributed by atoms with Gasteiger partial charge in [-0.2, -0.15) is 0 Å². The Morgan fingerprint density at radius 2 is 1.55 bits per heavy atom. The zero-order valence-corrected chi connectivity index (χ0v) is 10.7. The van der Waals surface area contributed by atoms with E-state index in [1.54, 1.807) is 0 Å². The predicted octanol–water partition coefficient (Wildman–Crippen LogP) is 4.48. The topological polar surface area (TPSA) is 0 Å². The van der Waals surface area contributed by atoms with Crippen LogP contribution in [0.25, 0.3) is 0 Å². The minimum Gasteiger partial charge on any atom is -0.0837 e. The summed E-state index contributed by atoms with van der Waals surface area (Å²) in [6, 6.07) is 0. The zero-order valence-electron chi connectivity index (χ0n) is 7.42. The van der Waals surface area contributed by atoms with Crippen LogP contribution in [0, 0.1) is 0 Å². The molecule has 0 aliphatic carbocycles. The zero-order chi connectivity index (χ0) is 9.28. The Labute approximate surface area is 85.2 Å². The van der Waals surface area contributed by atoms with Crippen molar-refractivity contribution in [3.63, 3.8) is 0 Å². The third-order valence-corrected chi connectivity index (χ3v) is 6.12. The van der Waals surface area contributed by atoms with E-state index in [1.165, 1.54) is 0 Å². The van der Waals surface area contributed by atoms with Gasteiger partial charge < -0.3 is 0 Å². The van der Waals surface area contributed by atoms with Gasteiger partial charge >= 0.3 is 0 Å². The molecule has 0 bridgehead atoms. The minimum absolute atomic E-state index is 0.250. The second-order valence-electron chi connectivity index (χ2n) is 3.87. The van der Waals surface area contributed by atoms with Gasteiger partial charge in [-0.3, -0.25) is 0 Å². The van der Waals surface area contributed by atoms with Gasteiger partial charge in [0.15, 0.2) is 3.79 Å². The summed E-state index contributed by atoms with van der Waals surface area (Å²) < 4.78 is -1.07. The summed E-state index contributed by atoms with van der Waals surface area (Å²) in [4.78, 5) is 0. The van der Waals surface area contributed by atoms with Crippen molar-refractivity contribution in [2.24, 2.45) is 0 Å². The van der Waals surface area contributed by atoms with Crippen molar-refractivity contribution in [2.75, 3.05) is 0 Å². The average molecular weight is 234 g/mol. The highest BCUT2D eigenvalue weighted by Gasteiger charge is 2.40. The molecule has 68 valence electrons. The highest BCUT2D eigenvalue weighted by molar-refractivity contribution is 6.83. The molecule has 0 aromatic heterocycles. The molecule has 0 radical (unpaired) electrons. The molecule has 0 aromatic carbocycles. The summed E-state index contributed by atoms with van der Waals surface area (Å²) >= 11 is 17.5. The maximum atomic E-state index is 5.85. The maximum absolute atomic E-state index is 5.85. The summed E-state index contributed by atoms with van der Waals surface area (Å²) in [5, 5.41) is 0. The van der Waals surface area contributed by atoms with Crippen LogP contribution in [-0.2, 0) is 0 Å². The van der Waals surface area contributed by atoms with Crippen molar-refractivity contribution in [2.45, 2.75) is 42.3 Å². The lowest BCUT2D eigenvalue weighted by Crippen LogP contribution is -2.35. The molecule has 0 saturated carbocycles. The van der Waals surface area contributed by atoms with Crippen LogP contribution < -0.4 is 0 Å². The molecule has 0 amide bonds. The molecule has 0 spiro atoms. The molecule has 0 rings (SSSR count). The van der Waals surface area contributed by atoms with Gasteiger partial charge in [-0.15, -0.1) is 0 Å². The van der Waals surface area contributed by atoms with E-state index in [9.17, 15) is 0 Å². The fourth-order valence-electron chi connectivity index (χ4n) is 1.33. The van der Waals surface area contributed by atoms with E-state index in [0.29, 0.717) is 0 Å². The summed E-state index contributed by atoms with van der Waals surface area (Å²) in [5.41, 5.74) is 0.250. The highest BCUT2D eigenvalue weighted by Crippen LogP contribution is 2.46. The molecule has 1 atom stereocenters. The van der Waals surface area contributed by atoms with Crippen molar-refractivity contribution < 1.29 is 0 Å². The van der Waals surface area contributed by atoms with E-state index in [2.05, 4.69) is 26.6 Å². The predicted molar refractivity (Wildman–Crippen MR) is 57.7 cm³/mol. The van der Waals surface area contributed by atoms with Gasteiger partial charge in [0.2, 0.25) is 0 Å². The van der Waals surface area contributed by atoms with Crippen LogP contribution in [0.3, 0.4) is 0 Å². The Balaban J connectivity index is 4.43. The monoisotopic (exact) mass is 232 g/mol. The molecular weight excluding hydrogens is 219 g/mol. The van der Waals surface area contributed by atoms with Gasteiger partial charge in [0, 0.05) is 5.54 Å². The standard InChI is InChI=1S/C7H15Cl3Si/c1-5-6(7(8,9)10)11(2,3)4/h6H,5H2,1-4H3. The summed E-state index contributed by atoms with van der Waals surface area (Å²) in [6.45, 7) is 8.75. The summed E-state index contributed by atoms with van der Waals surface area (Å²) in [6.07, 6.45) is 0.951. The van der Waals surface area contributed by atoms with Gasteiger partial charge in [0.05, 0.1) is 8.07 Å². The Morgan fingerprint density at radius 3 is 1.55 bits per heavy atom. The second kappa shape index (κ2) is 3.86. The lowest BCUT2D eigenvalue weighted by atomic mass is 10.4. The van der Waals surface area contributed by atoms with Crippen molar-refractivity contribution in [3.8, 4) is 0 Å². The number of halogens is 3. The van der Waals surface area contributed by atoms with E-state index >= 15 is 0 Å². The number of hydrogen-bond donors (Lipinski definition) is 0. The molecule has 0 N–H and O–H groups in total. The summed E-state index contributed by atoms with van der Waals surface area (Å²) in [7, 11) is -1.32. The van der Waals surface area contributed by atoms with E-state index in [0.717, 1.165) is 6.42 Å². The van der Waals surface area contributed by atoms with Crippen LogP contribution in [0.4, 0.5) is 0 Å². The quantitative estimate of drug-likeness (QED) is 0.487. The Hall–Kier alpha value is 1.09. The van der Waals surface area contributed by atoms with Gasteiger partial charge in [0.25, 0.3) is 0 Å². The van der Waals surface area contributed by atoms with Crippen molar-refractivity contribution in [1.29, 1.82) is 0 Å². The Bertz CT molecular complexity index is 109. The third-order valence-electron chi connectivity index (χ3n) is 1.85. The lowest BCUT2D eigenvalue weighted by molar-refractivity contribution is 0.784. The first-order chi connectivity index (χ1) is 4.69. The largest absolute Gasteiger partial charge is 0.191 e. The van der Waals surface area contributed by atoms with Crippen LogP contribution in [0.2, 0.25) is 25.2 Å². The molecule has 0 nitrogen and oxygen atoms in total. The van der Waals surface area contributed by atoms with Gasteiger partial charge in [-0.25, -0.2) is 0 Å². The molecular formula is C7H15Cl3Si. The normalized spacial score (nSPS) is 16.6. The molecule has 0 aliphatic rings. The highest BCUT2D eigenvalue weighted by atomic mass is 35.6. The van der Waals surface area contributed by atoms with Crippen LogP contribution >= 0.6 is 34.8 Å². The van der Waals surface area contributed by atoms with Crippen LogP contribution in [0.1, 0.15) is 13.3 Å². The Morgan fingerprint density at radius 1 is 1.18 bits per heavy atom. The van der Waals surface area contributed by atoms with Gasteiger partial charge in [-0.05, 0) is 0 Å². The second-order valence-corrected chi connectivity index (χ2v) is 11.7. The molecule has 0 saturated heterocycles. The summed E-state index contributed by atoms with van der Waals surface area (Å²) in [5.74, 6) is 0. The fourth-order valence-corrected chi connectivity index (χ4v) is 6.95. The van der Waals surface area contributed by atoms with E-state index in [1.807, 2.05) is 0 Å². The van der Waals surface area contributed by atoms with Crippen molar-refractivity contribution in [1.82, 2.24) is 0 Å². The van der Waals surface area contributed by atoms with E-state index < -0.39 is 11.9 Å².